The number of amides is 1. The second-order valence-corrected chi connectivity index (χ2v) is 10.3. The summed E-state index contributed by atoms with van der Waals surface area (Å²) >= 11 is 0. The number of para-hydroxylation sites is 1. The van der Waals surface area contributed by atoms with Gasteiger partial charge in [0.1, 0.15) is 5.56 Å². The minimum absolute atomic E-state index is 0.0223. The van der Waals surface area contributed by atoms with Crippen molar-refractivity contribution in [3.8, 4) is 16.8 Å². The Morgan fingerprint density at radius 1 is 1.00 bits per heavy atom. The van der Waals surface area contributed by atoms with Crippen LogP contribution in [-0.2, 0) is 4.79 Å². The summed E-state index contributed by atoms with van der Waals surface area (Å²) in [6.45, 7) is 6.02. The van der Waals surface area contributed by atoms with E-state index in [2.05, 4.69) is 23.1 Å². The third-order valence-electron chi connectivity index (χ3n) is 7.33. The molecule has 0 radical (unpaired) electrons. The fraction of sp³-hybridized carbons (Fsp3) is 0.333. The van der Waals surface area contributed by atoms with Crippen molar-refractivity contribution < 1.29 is 14.7 Å². The molecule has 0 unspecified atom stereocenters. The van der Waals surface area contributed by atoms with E-state index in [0.717, 1.165) is 47.7 Å². The highest BCUT2D eigenvalue weighted by Gasteiger charge is 2.34. The first kappa shape index (κ1) is 24.7. The van der Waals surface area contributed by atoms with Gasteiger partial charge < -0.3 is 5.11 Å². The van der Waals surface area contributed by atoms with Crippen LogP contribution in [-0.4, -0.2) is 37.8 Å². The van der Waals surface area contributed by atoms with E-state index < -0.39 is 5.97 Å². The van der Waals surface area contributed by atoms with Gasteiger partial charge in [0.25, 0.3) is 0 Å². The summed E-state index contributed by atoms with van der Waals surface area (Å²) < 4.78 is 1.55. The van der Waals surface area contributed by atoms with E-state index in [-0.39, 0.29) is 29.2 Å². The maximum absolute atomic E-state index is 13.5. The van der Waals surface area contributed by atoms with Crippen LogP contribution in [0.2, 0.25) is 0 Å². The molecular formula is C30H32N4O3. The third-order valence-corrected chi connectivity index (χ3v) is 7.33. The molecule has 4 aromatic rings. The number of carboxylic acids is 1. The molecule has 1 N–H and O–H groups in total. The molecule has 1 fully saturated rings. The molecule has 0 atom stereocenters. The number of benzene rings is 2. The predicted molar refractivity (Wildman–Crippen MR) is 145 cm³/mol. The lowest BCUT2D eigenvalue weighted by molar-refractivity contribution is -0.124. The fourth-order valence-electron chi connectivity index (χ4n) is 5.17. The average molecular weight is 497 g/mol. The first-order valence-corrected chi connectivity index (χ1v) is 12.9. The number of fused-ring (bicyclic) bond motifs is 1. The number of carbonyl (C=O) groups is 2. The number of carboxylic acid groups (broad SMARTS) is 1. The quantitative estimate of drug-likeness (QED) is 0.336. The van der Waals surface area contributed by atoms with Crippen molar-refractivity contribution in [3.05, 3.63) is 72.6 Å². The number of aromatic carboxylic acids is 1. The summed E-state index contributed by atoms with van der Waals surface area (Å²) in [6.07, 6.45) is 7.04. The molecule has 0 aliphatic heterocycles. The summed E-state index contributed by atoms with van der Waals surface area (Å²) in [7, 11) is 0. The number of hydrogen-bond donors (Lipinski definition) is 1. The van der Waals surface area contributed by atoms with E-state index in [9.17, 15) is 14.7 Å². The smallest absolute Gasteiger partial charge is 0.341 e. The van der Waals surface area contributed by atoms with E-state index in [1.54, 1.807) is 9.58 Å². The van der Waals surface area contributed by atoms with E-state index >= 15 is 0 Å². The number of hydrogen-bond acceptors (Lipinski definition) is 4. The van der Waals surface area contributed by atoms with Crippen LogP contribution in [0.3, 0.4) is 0 Å². The highest BCUT2D eigenvalue weighted by Crippen LogP contribution is 2.33. The molecule has 0 spiro atoms. The van der Waals surface area contributed by atoms with Crippen molar-refractivity contribution in [1.29, 1.82) is 0 Å². The van der Waals surface area contributed by atoms with Crippen LogP contribution < -0.4 is 4.90 Å². The summed E-state index contributed by atoms with van der Waals surface area (Å²) in [4.78, 5) is 31.8. The summed E-state index contributed by atoms with van der Waals surface area (Å²) in [5.74, 6) is -0.405. The summed E-state index contributed by atoms with van der Waals surface area (Å²) in [5, 5.41) is 15.7. The van der Waals surface area contributed by atoms with Crippen LogP contribution in [0.25, 0.3) is 27.7 Å². The maximum Gasteiger partial charge on any atom is 0.341 e. The SMILES string of the molecule is CC(C)N(c1nn(-c2ccc(-c3cnc4ccccc4c3)cc2)cc1C(=O)O)C(=O)[C@H]1CC[C@H](C)CC1. The van der Waals surface area contributed by atoms with E-state index in [0.29, 0.717) is 11.6 Å². The van der Waals surface area contributed by atoms with Gasteiger partial charge in [0, 0.05) is 35.3 Å². The van der Waals surface area contributed by atoms with Gasteiger partial charge in [0.15, 0.2) is 5.82 Å². The first-order chi connectivity index (χ1) is 17.8. The van der Waals surface area contributed by atoms with Crippen molar-refractivity contribution in [1.82, 2.24) is 14.8 Å². The Hall–Kier alpha value is -4.00. The Balaban J connectivity index is 1.46. The number of aromatic nitrogens is 3. The largest absolute Gasteiger partial charge is 0.477 e. The predicted octanol–water partition coefficient (Wildman–Crippen LogP) is 6.35. The molecular weight excluding hydrogens is 464 g/mol. The van der Waals surface area contributed by atoms with Crippen molar-refractivity contribution in [2.75, 3.05) is 4.90 Å². The van der Waals surface area contributed by atoms with Gasteiger partial charge in [-0.2, -0.15) is 0 Å². The fourth-order valence-corrected chi connectivity index (χ4v) is 5.17. The molecule has 0 bridgehead atoms. The van der Waals surface area contributed by atoms with Crippen LogP contribution >= 0.6 is 0 Å². The lowest BCUT2D eigenvalue weighted by Crippen LogP contribution is -2.43. The molecule has 190 valence electrons. The van der Waals surface area contributed by atoms with Gasteiger partial charge in [-0.15, -0.1) is 5.10 Å². The lowest BCUT2D eigenvalue weighted by Gasteiger charge is -2.32. The molecule has 37 heavy (non-hydrogen) atoms. The lowest BCUT2D eigenvalue weighted by atomic mass is 9.82. The molecule has 1 aliphatic rings. The van der Waals surface area contributed by atoms with Crippen LogP contribution in [0.5, 0.6) is 0 Å². The van der Waals surface area contributed by atoms with Crippen LogP contribution in [0.15, 0.2) is 67.0 Å². The zero-order valence-electron chi connectivity index (χ0n) is 21.5. The van der Waals surface area contributed by atoms with Gasteiger partial charge in [0.05, 0.1) is 11.2 Å². The molecule has 1 aliphatic carbocycles. The van der Waals surface area contributed by atoms with Crippen molar-refractivity contribution >= 4 is 28.6 Å². The molecule has 0 saturated heterocycles. The molecule has 1 saturated carbocycles. The zero-order chi connectivity index (χ0) is 26.1. The van der Waals surface area contributed by atoms with Gasteiger partial charge in [-0.3, -0.25) is 14.7 Å². The van der Waals surface area contributed by atoms with Gasteiger partial charge >= 0.3 is 5.97 Å². The second-order valence-electron chi connectivity index (χ2n) is 10.3. The highest BCUT2D eigenvalue weighted by molar-refractivity contribution is 6.01. The molecule has 2 aromatic carbocycles. The minimum atomic E-state index is -1.10. The van der Waals surface area contributed by atoms with Crippen LogP contribution in [0, 0.1) is 11.8 Å². The van der Waals surface area contributed by atoms with Crippen molar-refractivity contribution in [3.63, 3.8) is 0 Å². The Bertz CT molecular complexity index is 1430. The number of carbonyl (C=O) groups excluding carboxylic acids is 1. The monoisotopic (exact) mass is 496 g/mol. The number of anilines is 1. The van der Waals surface area contributed by atoms with Crippen molar-refractivity contribution in [2.45, 2.75) is 52.5 Å². The topological polar surface area (TPSA) is 88.3 Å². The third kappa shape index (κ3) is 4.99. The van der Waals surface area contributed by atoms with E-state index in [1.807, 2.05) is 68.6 Å². The number of rotatable bonds is 6. The normalized spacial score (nSPS) is 17.7. The summed E-state index contributed by atoms with van der Waals surface area (Å²) in [6, 6.07) is 17.6. The Kier molecular flexibility index (Phi) is 6.78. The number of pyridine rings is 1. The average Bonchev–Trinajstić information content (AvgIpc) is 3.34. The van der Waals surface area contributed by atoms with Gasteiger partial charge in [-0.25, -0.2) is 9.48 Å². The van der Waals surface area contributed by atoms with E-state index in [1.165, 1.54) is 6.20 Å². The molecule has 1 amide bonds. The Morgan fingerprint density at radius 3 is 2.38 bits per heavy atom. The Labute approximate surface area is 216 Å². The van der Waals surface area contributed by atoms with Gasteiger partial charge in [0.2, 0.25) is 5.91 Å². The highest BCUT2D eigenvalue weighted by atomic mass is 16.4. The second kappa shape index (κ2) is 10.2. The molecule has 2 aromatic heterocycles. The number of nitrogens with zero attached hydrogens (tertiary/aromatic N) is 4. The zero-order valence-corrected chi connectivity index (χ0v) is 21.5. The van der Waals surface area contributed by atoms with Crippen molar-refractivity contribution in [2.24, 2.45) is 11.8 Å². The van der Waals surface area contributed by atoms with Gasteiger partial charge in [-0.05, 0) is 75.3 Å². The standard InChI is InChI=1S/C30H32N4O3/c1-19(2)34(29(35)22-10-8-20(3)9-11-22)28-26(30(36)37)18-33(32-28)25-14-12-21(13-15-25)24-16-23-6-4-5-7-27(23)31-17-24/h4-7,12-20,22H,8-11H2,1-3H3,(H,36,37)/t20-,22-. The molecule has 5 rings (SSSR count). The maximum atomic E-state index is 13.5. The van der Waals surface area contributed by atoms with E-state index in [4.69, 9.17) is 0 Å². The van der Waals surface area contributed by atoms with Gasteiger partial charge in [-0.1, -0.05) is 37.3 Å². The van der Waals surface area contributed by atoms with Crippen LogP contribution in [0.4, 0.5) is 5.82 Å². The first-order valence-electron chi connectivity index (χ1n) is 12.9. The minimum Gasteiger partial charge on any atom is -0.477 e. The molecule has 2 heterocycles. The summed E-state index contributed by atoms with van der Waals surface area (Å²) in [5.41, 5.74) is 3.68. The molecule has 7 nitrogen and oxygen atoms in total. The van der Waals surface area contributed by atoms with Crippen LogP contribution in [0.1, 0.15) is 56.8 Å². The Morgan fingerprint density at radius 2 is 1.70 bits per heavy atom. The molecule has 7 heteroatoms.